The van der Waals surface area contributed by atoms with Crippen molar-refractivity contribution >= 4 is 5.91 Å². The summed E-state index contributed by atoms with van der Waals surface area (Å²) in [4.78, 5) is 16.2. The molecular weight excluding hydrogens is 350 g/mol. The van der Waals surface area contributed by atoms with Crippen molar-refractivity contribution in [1.29, 1.82) is 0 Å². The zero-order chi connectivity index (χ0) is 19.1. The Labute approximate surface area is 157 Å². The first kappa shape index (κ1) is 19.4. The van der Waals surface area contributed by atoms with Gasteiger partial charge in [0, 0.05) is 31.6 Å². The van der Waals surface area contributed by atoms with Crippen LogP contribution in [0.15, 0.2) is 30.7 Å². The van der Waals surface area contributed by atoms with Crippen LogP contribution in [0.4, 0.5) is 0 Å². The number of carbonyl (C=O) groups is 1. The number of amides is 1. The highest BCUT2D eigenvalue weighted by molar-refractivity contribution is 5.94. The second-order valence-corrected chi connectivity index (χ2v) is 6.57. The van der Waals surface area contributed by atoms with Gasteiger partial charge in [-0.15, -0.1) is 5.10 Å². The molecule has 146 valence electrons. The average molecular weight is 375 g/mol. The molecule has 0 aliphatic carbocycles. The summed E-state index contributed by atoms with van der Waals surface area (Å²) in [5.74, 6) is -0.184. The maximum atomic E-state index is 12.3. The van der Waals surface area contributed by atoms with Crippen LogP contribution in [-0.2, 0) is 22.6 Å². The van der Waals surface area contributed by atoms with Crippen LogP contribution in [0.3, 0.4) is 0 Å². The molecule has 0 saturated carbocycles. The van der Waals surface area contributed by atoms with Crippen LogP contribution in [0.5, 0.6) is 0 Å². The molecule has 1 saturated heterocycles. The Morgan fingerprint density at radius 2 is 2.22 bits per heavy atom. The molecule has 1 amide bonds. The Morgan fingerprint density at radius 1 is 1.41 bits per heavy atom. The molecular formula is C18H25N5O4. The van der Waals surface area contributed by atoms with Crippen LogP contribution in [-0.4, -0.2) is 63.0 Å². The fourth-order valence-electron chi connectivity index (χ4n) is 3.20. The first-order chi connectivity index (χ1) is 13.2. The number of aromatic nitrogens is 4. The van der Waals surface area contributed by atoms with Gasteiger partial charge in [0.05, 0.1) is 31.6 Å². The van der Waals surface area contributed by atoms with Crippen LogP contribution in [0.1, 0.15) is 35.3 Å². The second-order valence-electron chi connectivity index (χ2n) is 6.57. The van der Waals surface area contributed by atoms with Crippen molar-refractivity contribution in [1.82, 2.24) is 25.3 Å². The van der Waals surface area contributed by atoms with Gasteiger partial charge in [-0.05, 0) is 31.4 Å². The summed E-state index contributed by atoms with van der Waals surface area (Å²) in [6.07, 6.45) is 6.91. The standard InChI is InChI=1S/C18H25N5O4/c1-26-12-14-10-23(22-21-14)9-6-15-2-3-16(17(11-24)27-15)20-18(25)13-4-7-19-8-5-13/h4-5,7-8,10,15-17,24H,2-3,6,9,11-12H2,1H3,(H,20,25)/t15-,16-,17+/m1/s1. The number of aliphatic hydroxyl groups is 1. The highest BCUT2D eigenvalue weighted by Crippen LogP contribution is 2.22. The van der Waals surface area contributed by atoms with Gasteiger partial charge in [-0.25, -0.2) is 0 Å². The number of rotatable bonds is 8. The smallest absolute Gasteiger partial charge is 0.251 e. The van der Waals surface area contributed by atoms with Crippen molar-refractivity contribution in [2.75, 3.05) is 13.7 Å². The third-order valence-electron chi connectivity index (χ3n) is 4.61. The van der Waals surface area contributed by atoms with E-state index in [-0.39, 0.29) is 24.7 Å². The third kappa shape index (κ3) is 5.31. The number of nitrogens with one attached hydrogen (secondary N) is 1. The van der Waals surface area contributed by atoms with Gasteiger partial charge in [0.25, 0.3) is 5.91 Å². The molecule has 0 aromatic carbocycles. The number of pyridine rings is 1. The summed E-state index contributed by atoms with van der Waals surface area (Å²) in [6.45, 7) is 0.970. The molecule has 1 aliphatic heterocycles. The largest absolute Gasteiger partial charge is 0.394 e. The Balaban J connectivity index is 1.49. The van der Waals surface area contributed by atoms with Crippen molar-refractivity contribution in [3.63, 3.8) is 0 Å². The number of hydrogen-bond acceptors (Lipinski definition) is 7. The van der Waals surface area contributed by atoms with Crippen LogP contribution in [0, 0.1) is 0 Å². The van der Waals surface area contributed by atoms with Gasteiger partial charge in [-0.1, -0.05) is 5.21 Å². The van der Waals surface area contributed by atoms with E-state index in [2.05, 4.69) is 20.6 Å². The highest BCUT2D eigenvalue weighted by atomic mass is 16.5. The minimum absolute atomic E-state index is 0.00584. The molecule has 2 N–H and O–H groups in total. The van der Waals surface area contributed by atoms with Crippen molar-refractivity contribution in [3.05, 3.63) is 42.0 Å². The topological polar surface area (TPSA) is 111 Å². The lowest BCUT2D eigenvalue weighted by atomic mass is 9.97. The van der Waals surface area contributed by atoms with Crippen LogP contribution in [0.2, 0.25) is 0 Å². The molecule has 1 fully saturated rings. The Bertz CT molecular complexity index is 724. The maximum absolute atomic E-state index is 12.3. The summed E-state index contributed by atoms with van der Waals surface area (Å²) in [5.41, 5.74) is 1.33. The van der Waals surface area contributed by atoms with E-state index in [4.69, 9.17) is 9.47 Å². The van der Waals surface area contributed by atoms with Crippen molar-refractivity contribution in [3.8, 4) is 0 Å². The summed E-state index contributed by atoms with van der Waals surface area (Å²) >= 11 is 0. The quantitative estimate of drug-likeness (QED) is 0.693. The first-order valence-electron chi connectivity index (χ1n) is 9.04. The minimum atomic E-state index is -0.422. The number of aliphatic hydroxyl groups excluding tert-OH is 1. The minimum Gasteiger partial charge on any atom is -0.394 e. The Hall–Kier alpha value is -2.36. The number of methoxy groups -OCH3 is 1. The van der Waals surface area contributed by atoms with E-state index in [0.717, 1.165) is 25.0 Å². The van der Waals surface area contributed by atoms with Gasteiger partial charge in [0.1, 0.15) is 11.8 Å². The van der Waals surface area contributed by atoms with Crippen LogP contribution >= 0.6 is 0 Å². The molecule has 0 spiro atoms. The molecule has 3 atom stereocenters. The predicted octanol–water partition coefficient (Wildman–Crippen LogP) is 0.548. The van der Waals surface area contributed by atoms with Gasteiger partial charge in [-0.3, -0.25) is 14.5 Å². The summed E-state index contributed by atoms with van der Waals surface area (Å²) in [5, 5.41) is 20.7. The van der Waals surface area contributed by atoms with E-state index in [1.165, 1.54) is 0 Å². The van der Waals surface area contributed by atoms with Crippen LogP contribution < -0.4 is 5.32 Å². The molecule has 27 heavy (non-hydrogen) atoms. The summed E-state index contributed by atoms with van der Waals surface area (Å²) in [6, 6.07) is 3.10. The number of carbonyl (C=O) groups excluding carboxylic acids is 1. The molecule has 1 aliphatic rings. The van der Waals surface area contributed by atoms with Gasteiger partial charge < -0.3 is 19.9 Å². The molecule has 3 heterocycles. The van der Waals surface area contributed by atoms with E-state index in [1.54, 1.807) is 36.3 Å². The molecule has 2 aromatic heterocycles. The molecule has 2 aromatic rings. The molecule has 9 nitrogen and oxygen atoms in total. The van der Waals surface area contributed by atoms with Gasteiger partial charge in [-0.2, -0.15) is 0 Å². The molecule has 9 heteroatoms. The lowest BCUT2D eigenvalue weighted by Gasteiger charge is -2.36. The van der Waals surface area contributed by atoms with E-state index in [0.29, 0.717) is 18.7 Å². The fourth-order valence-corrected chi connectivity index (χ4v) is 3.20. The van der Waals surface area contributed by atoms with Crippen molar-refractivity contribution in [2.24, 2.45) is 0 Å². The van der Waals surface area contributed by atoms with E-state index >= 15 is 0 Å². The lowest BCUT2D eigenvalue weighted by Crippen LogP contribution is -2.51. The molecule has 0 radical (unpaired) electrons. The van der Waals surface area contributed by atoms with Gasteiger partial charge in [0.15, 0.2) is 0 Å². The number of nitrogens with zero attached hydrogens (tertiary/aromatic N) is 4. The zero-order valence-corrected chi connectivity index (χ0v) is 15.3. The fraction of sp³-hybridized carbons (Fsp3) is 0.556. The maximum Gasteiger partial charge on any atom is 0.251 e. The zero-order valence-electron chi connectivity index (χ0n) is 15.3. The van der Waals surface area contributed by atoms with Crippen LogP contribution in [0.25, 0.3) is 0 Å². The molecule has 0 unspecified atom stereocenters. The second kappa shape index (κ2) is 9.54. The van der Waals surface area contributed by atoms with E-state index in [9.17, 15) is 9.90 Å². The number of hydrogen-bond donors (Lipinski definition) is 2. The van der Waals surface area contributed by atoms with Gasteiger partial charge in [0.2, 0.25) is 0 Å². The normalized spacial score (nSPS) is 22.5. The average Bonchev–Trinajstić information content (AvgIpc) is 3.15. The third-order valence-corrected chi connectivity index (χ3v) is 4.61. The summed E-state index contributed by atoms with van der Waals surface area (Å²) in [7, 11) is 1.62. The van der Waals surface area contributed by atoms with Crippen molar-refractivity contribution < 1.29 is 19.4 Å². The molecule has 3 rings (SSSR count). The van der Waals surface area contributed by atoms with E-state index < -0.39 is 6.10 Å². The Morgan fingerprint density at radius 3 is 2.96 bits per heavy atom. The van der Waals surface area contributed by atoms with Crippen molar-refractivity contribution in [2.45, 2.75) is 50.7 Å². The highest BCUT2D eigenvalue weighted by Gasteiger charge is 2.32. The SMILES string of the molecule is COCc1cn(CC[C@H]2CC[C@@H](NC(=O)c3ccncc3)[C@H](CO)O2)nn1. The molecule has 0 bridgehead atoms. The Kier molecular flexibility index (Phi) is 6.86. The monoisotopic (exact) mass is 375 g/mol. The number of ether oxygens (including phenoxy) is 2. The predicted molar refractivity (Wildman–Crippen MR) is 95.8 cm³/mol. The first-order valence-corrected chi connectivity index (χ1v) is 9.04. The number of aryl methyl sites for hydroxylation is 1. The summed E-state index contributed by atoms with van der Waals surface area (Å²) < 4.78 is 12.8. The lowest BCUT2D eigenvalue weighted by molar-refractivity contribution is -0.0912. The van der Waals surface area contributed by atoms with E-state index in [1.807, 2.05) is 6.20 Å². The van der Waals surface area contributed by atoms with Gasteiger partial charge >= 0.3 is 0 Å².